The summed E-state index contributed by atoms with van der Waals surface area (Å²) in [7, 11) is 0. The molecule has 0 saturated carbocycles. The van der Waals surface area contributed by atoms with E-state index >= 15 is 0 Å². The highest BCUT2D eigenvalue weighted by Gasteiger charge is 2.30. The summed E-state index contributed by atoms with van der Waals surface area (Å²) in [6, 6.07) is -1.30. The summed E-state index contributed by atoms with van der Waals surface area (Å²) in [4.78, 5) is 24.3. The zero-order chi connectivity index (χ0) is 21.6. The van der Waals surface area contributed by atoms with Crippen LogP contribution in [0, 0.1) is 30.2 Å². The Morgan fingerprint density at radius 2 is 1.61 bits per heavy atom. The van der Waals surface area contributed by atoms with Crippen molar-refractivity contribution in [1.29, 1.82) is 0 Å². The fourth-order valence-electron chi connectivity index (χ4n) is 2.21. The Balaban J connectivity index is 3.05. The van der Waals surface area contributed by atoms with Crippen molar-refractivity contribution in [3.63, 3.8) is 0 Å². The standard InChI is InChI=1S/C18H24F4N2O4/c1-9-11(19)12(20)13(21)14(22)15(9)27-16(25)10(7-5-6-8-23)24-17(26)28-18(2,3)4/h10H,5-8,23H2,1-4H3,(H,24,26). The van der Waals surface area contributed by atoms with Crippen LogP contribution in [-0.4, -0.2) is 30.3 Å². The maximum Gasteiger partial charge on any atom is 0.408 e. The van der Waals surface area contributed by atoms with E-state index in [1.54, 1.807) is 20.8 Å². The van der Waals surface area contributed by atoms with Crippen LogP contribution in [0.3, 0.4) is 0 Å². The van der Waals surface area contributed by atoms with E-state index in [4.69, 9.17) is 15.2 Å². The molecular formula is C18H24F4N2O4. The van der Waals surface area contributed by atoms with Crippen LogP contribution in [0.25, 0.3) is 0 Å². The molecule has 1 unspecified atom stereocenters. The fraction of sp³-hybridized carbons (Fsp3) is 0.556. The Morgan fingerprint density at radius 1 is 1.04 bits per heavy atom. The number of hydrogen-bond acceptors (Lipinski definition) is 5. The summed E-state index contributed by atoms with van der Waals surface area (Å²) < 4.78 is 64.1. The lowest BCUT2D eigenvalue weighted by Gasteiger charge is -2.23. The Bertz CT molecular complexity index is 706. The van der Waals surface area contributed by atoms with Gasteiger partial charge >= 0.3 is 12.1 Å². The highest BCUT2D eigenvalue weighted by atomic mass is 19.2. The molecule has 0 fully saturated rings. The van der Waals surface area contributed by atoms with E-state index in [0.717, 1.165) is 6.92 Å². The molecule has 10 heteroatoms. The zero-order valence-electron chi connectivity index (χ0n) is 16.1. The summed E-state index contributed by atoms with van der Waals surface area (Å²) >= 11 is 0. The van der Waals surface area contributed by atoms with Gasteiger partial charge in [-0.05, 0) is 53.5 Å². The Morgan fingerprint density at radius 3 is 2.14 bits per heavy atom. The van der Waals surface area contributed by atoms with Gasteiger partial charge in [-0.3, -0.25) is 0 Å². The van der Waals surface area contributed by atoms with E-state index in [9.17, 15) is 27.2 Å². The number of esters is 1. The molecule has 0 aliphatic carbocycles. The molecule has 158 valence electrons. The van der Waals surface area contributed by atoms with Crippen LogP contribution >= 0.6 is 0 Å². The lowest BCUT2D eigenvalue weighted by molar-refractivity contribution is -0.137. The number of carbonyl (C=O) groups is 2. The van der Waals surface area contributed by atoms with Crippen molar-refractivity contribution >= 4 is 12.1 Å². The molecule has 0 heterocycles. The first-order valence-electron chi connectivity index (χ1n) is 8.62. The van der Waals surface area contributed by atoms with Crippen LogP contribution in [-0.2, 0) is 9.53 Å². The molecule has 1 aromatic rings. The molecule has 1 rings (SSSR count). The monoisotopic (exact) mass is 408 g/mol. The van der Waals surface area contributed by atoms with E-state index in [0.29, 0.717) is 19.4 Å². The number of ether oxygens (including phenoxy) is 2. The second-order valence-corrected chi connectivity index (χ2v) is 7.11. The molecule has 0 aliphatic rings. The number of rotatable bonds is 7. The average Bonchev–Trinajstić information content (AvgIpc) is 2.59. The van der Waals surface area contributed by atoms with Gasteiger partial charge in [0.15, 0.2) is 17.4 Å². The van der Waals surface area contributed by atoms with Gasteiger partial charge in [-0.1, -0.05) is 0 Å². The van der Waals surface area contributed by atoms with Crippen molar-refractivity contribution in [3.05, 3.63) is 28.8 Å². The maximum atomic E-state index is 13.9. The van der Waals surface area contributed by atoms with Crippen molar-refractivity contribution in [3.8, 4) is 5.75 Å². The molecular weight excluding hydrogens is 384 g/mol. The van der Waals surface area contributed by atoms with Gasteiger partial charge in [-0.15, -0.1) is 0 Å². The number of nitrogens with one attached hydrogen (secondary N) is 1. The van der Waals surface area contributed by atoms with E-state index in [2.05, 4.69) is 5.32 Å². The lowest BCUT2D eigenvalue weighted by atomic mass is 10.1. The second kappa shape index (κ2) is 9.72. The van der Waals surface area contributed by atoms with Gasteiger partial charge in [0.05, 0.1) is 0 Å². The molecule has 6 nitrogen and oxygen atoms in total. The molecule has 0 aliphatic heterocycles. The molecule has 0 bridgehead atoms. The van der Waals surface area contributed by atoms with Crippen LogP contribution in [0.5, 0.6) is 5.75 Å². The van der Waals surface area contributed by atoms with Gasteiger partial charge in [0.1, 0.15) is 11.6 Å². The maximum absolute atomic E-state index is 13.9. The third-order valence-corrected chi connectivity index (χ3v) is 3.57. The summed E-state index contributed by atoms with van der Waals surface area (Å²) in [6.07, 6.45) is 0.0465. The predicted molar refractivity (Wildman–Crippen MR) is 92.7 cm³/mol. The number of alkyl carbamates (subject to hydrolysis) is 1. The SMILES string of the molecule is Cc1c(F)c(F)c(F)c(F)c1OC(=O)C(CCCCN)NC(=O)OC(C)(C)C. The van der Waals surface area contributed by atoms with Crippen LogP contribution in [0.4, 0.5) is 22.4 Å². The van der Waals surface area contributed by atoms with Gasteiger partial charge < -0.3 is 20.5 Å². The molecule has 0 radical (unpaired) electrons. The van der Waals surface area contributed by atoms with Gasteiger partial charge in [0.25, 0.3) is 0 Å². The number of carbonyl (C=O) groups excluding carboxylic acids is 2. The minimum absolute atomic E-state index is 0.0576. The third-order valence-electron chi connectivity index (χ3n) is 3.57. The fourth-order valence-corrected chi connectivity index (χ4v) is 2.21. The van der Waals surface area contributed by atoms with Crippen LogP contribution < -0.4 is 15.8 Å². The average molecular weight is 408 g/mol. The molecule has 0 spiro atoms. The number of hydrogen-bond donors (Lipinski definition) is 2. The van der Waals surface area contributed by atoms with Gasteiger partial charge in [0, 0.05) is 5.56 Å². The predicted octanol–water partition coefficient (Wildman–Crippen LogP) is 3.48. The molecule has 1 amide bonds. The first kappa shape index (κ1) is 23.7. The molecule has 0 aromatic heterocycles. The van der Waals surface area contributed by atoms with E-state index in [1.807, 2.05) is 0 Å². The van der Waals surface area contributed by atoms with Crippen molar-refractivity contribution in [2.24, 2.45) is 5.73 Å². The second-order valence-electron chi connectivity index (χ2n) is 7.11. The van der Waals surface area contributed by atoms with Gasteiger partial charge in [-0.25, -0.2) is 22.8 Å². The molecule has 0 saturated heterocycles. The zero-order valence-corrected chi connectivity index (χ0v) is 16.1. The van der Waals surface area contributed by atoms with Crippen LogP contribution in [0.1, 0.15) is 45.6 Å². The highest BCUT2D eigenvalue weighted by molar-refractivity contribution is 5.83. The normalized spacial score (nSPS) is 12.5. The van der Waals surface area contributed by atoms with Crippen LogP contribution in [0.15, 0.2) is 0 Å². The minimum atomic E-state index is -2.11. The summed E-state index contributed by atoms with van der Waals surface area (Å²) in [5, 5.41) is 2.27. The Kier molecular flexibility index (Phi) is 8.22. The summed E-state index contributed by atoms with van der Waals surface area (Å²) in [6.45, 7) is 6.08. The third kappa shape index (κ3) is 6.36. The van der Waals surface area contributed by atoms with Gasteiger partial charge in [0.2, 0.25) is 11.6 Å². The molecule has 3 N–H and O–H groups in total. The quantitative estimate of drug-likeness (QED) is 0.180. The summed E-state index contributed by atoms with van der Waals surface area (Å²) in [5.74, 6) is -9.91. The van der Waals surface area contributed by atoms with Crippen molar-refractivity contribution < 1.29 is 36.6 Å². The topological polar surface area (TPSA) is 90.6 Å². The van der Waals surface area contributed by atoms with E-state index in [-0.39, 0.29) is 6.42 Å². The number of nitrogens with two attached hydrogens (primary N) is 1. The van der Waals surface area contributed by atoms with E-state index in [1.165, 1.54) is 0 Å². The number of benzene rings is 1. The molecule has 28 heavy (non-hydrogen) atoms. The van der Waals surface area contributed by atoms with Crippen LogP contribution in [0.2, 0.25) is 0 Å². The first-order valence-corrected chi connectivity index (χ1v) is 8.62. The molecule has 1 aromatic carbocycles. The van der Waals surface area contributed by atoms with Gasteiger partial charge in [-0.2, -0.15) is 4.39 Å². The lowest BCUT2D eigenvalue weighted by Crippen LogP contribution is -2.45. The van der Waals surface area contributed by atoms with E-state index < -0.39 is 58.3 Å². The number of amides is 1. The molecule has 1 atom stereocenters. The highest BCUT2D eigenvalue weighted by Crippen LogP contribution is 2.30. The number of unbranched alkanes of at least 4 members (excludes halogenated alkanes) is 1. The Labute approximate surface area is 160 Å². The smallest absolute Gasteiger partial charge is 0.408 e. The Hall–Kier alpha value is -2.36. The number of halogens is 4. The summed E-state index contributed by atoms with van der Waals surface area (Å²) in [5.41, 5.74) is 3.82. The van der Waals surface area contributed by atoms with Crippen molar-refractivity contribution in [1.82, 2.24) is 5.32 Å². The van der Waals surface area contributed by atoms with Crippen molar-refractivity contribution in [2.75, 3.05) is 6.54 Å². The minimum Gasteiger partial charge on any atom is -0.444 e. The first-order chi connectivity index (χ1) is 12.9. The van der Waals surface area contributed by atoms with Crippen molar-refractivity contribution in [2.45, 2.75) is 58.6 Å². The largest absolute Gasteiger partial charge is 0.444 e.